The van der Waals surface area contributed by atoms with Crippen molar-refractivity contribution < 1.29 is 4.74 Å². The summed E-state index contributed by atoms with van der Waals surface area (Å²) < 4.78 is 5.40. The van der Waals surface area contributed by atoms with Gasteiger partial charge in [0.1, 0.15) is 11.3 Å². The van der Waals surface area contributed by atoms with Gasteiger partial charge in [-0.25, -0.2) is 5.43 Å². The van der Waals surface area contributed by atoms with Crippen LogP contribution in [0.3, 0.4) is 0 Å². The zero-order valence-corrected chi connectivity index (χ0v) is 14.7. The molecule has 0 atom stereocenters. The number of aromatic amines is 1. The Hall–Kier alpha value is -3.55. The molecule has 4 aromatic rings. The number of nitrogens with one attached hydrogen (secondary N) is 2. The minimum Gasteiger partial charge on any atom is -0.495 e. The first kappa shape index (κ1) is 15.7. The minimum absolute atomic E-state index is 0.337. The first-order valence-corrected chi connectivity index (χ1v) is 8.79. The van der Waals surface area contributed by atoms with Crippen molar-refractivity contribution in [1.82, 2.24) is 25.1 Å². The van der Waals surface area contributed by atoms with Crippen LogP contribution >= 0.6 is 0 Å². The molecule has 0 radical (unpaired) electrons. The number of rotatable bonds is 3. The lowest BCUT2D eigenvalue weighted by Crippen LogP contribution is -2.15. The van der Waals surface area contributed by atoms with Crippen LogP contribution in [0.15, 0.2) is 41.6 Å². The third-order valence-electron chi connectivity index (χ3n) is 4.75. The van der Waals surface area contributed by atoms with Crippen LogP contribution in [0.2, 0.25) is 0 Å². The first-order valence-electron chi connectivity index (χ1n) is 8.79. The van der Waals surface area contributed by atoms with Crippen LogP contribution in [0, 0.1) is 0 Å². The van der Waals surface area contributed by atoms with Crippen molar-refractivity contribution in [2.45, 2.75) is 19.3 Å². The molecule has 8 nitrogen and oxygen atoms in total. The number of ether oxygens (including phenoxy) is 1. The van der Waals surface area contributed by atoms with Crippen LogP contribution in [0.25, 0.3) is 22.1 Å². The van der Waals surface area contributed by atoms with Gasteiger partial charge in [-0.1, -0.05) is 18.2 Å². The Bertz CT molecular complexity index is 1180. The van der Waals surface area contributed by atoms with Crippen molar-refractivity contribution in [3.63, 3.8) is 0 Å². The van der Waals surface area contributed by atoms with Gasteiger partial charge in [-0.3, -0.25) is 4.98 Å². The molecule has 1 aliphatic rings. The Morgan fingerprint density at radius 1 is 1.15 bits per heavy atom. The van der Waals surface area contributed by atoms with E-state index in [1.165, 1.54) is 5.56 Å². The molecule has 5 rings (SSSR count). The predicted molar refractivity (Wildman–Crippen MR) is 103 cm³/mol. The molecule has 0 bridgehead atoms. The zero-order valence-electron chi connectivity index (χ0n) is 14.7. The number of aromatic nitrogens is 5. The molecule has 27 heavy (non-hydrogen) atoms. The van der Waals surface area contributed by atoms with Crippen molar-refractivity contribution >= 4 is 33.7 Å². The monoisotopic (exact) mass is 359 g/mol. The van der Waals surface area contributed by atoms with E-state index in [0.29, 0.717) is 17.1 Å². The molecular weight excluding hydrogens is 342 g/mol. The average Bonchev–Trinajstić information content (AvgIpc) is 3.10. The topological polar surface area (TPSA) is 101 Å². The molecule has 3 heterocycles. The minimum atomic E-state index is 0.337. The highest BCUT2D eigenvalue weighted by Gasteiger charge is 2.17. The van der Waals surface area contributed by atoms with E-state index in [1.54, 1.807) is 13.3 Å². The van der Waals surface area contributed by atoms with Crippen LogP contribution in [-0.4, -0.2) is 38.0 Å². The van der Waals surface area contributed by atoms with Crippen molar-refractivity contribution in [3.05, 3.63) is 47.8 Å². The van der Waals surface area contributed by atoms with E-state index in [0.717, 1.165) is 47.3 Å². The number of benzene rings is 1. The van der Waals surface area contributed by atoms with E-state index in [-0.39, 0.29) is 0 Å². The quantitative estimate of drug-likeness (QED) is 0.545. The van der Waals surface area contributed by atoms with Gasteiger partial charge in [0.25, 0.3) is 5.95 Å². The van der Waals surface area contributed by atoms with Crippen LogP contribution in [0.1, 0.15) is 24.1 Å². The van der Waals surface area contributed by atoms with Gasteiger partial charge >= 0.3 is 0 Å². The van der Waals surface area contributed by atoms with Crippen LogP contribution in [0.4, 0.5) is 5.95 Å². The number of para-hydroxylation sites is 1. The van der Waals surface area contributed by atoms with Crippen molar-refractivity contribution in [2.75, 3.05) is 12.5 Å². The summed E-state index contributed by atoms with van der Waals surface area (Å²) in [6, 6.07) is 9.83. The summed E-state index contributed by atoms with van der Waals surface area (Å²) in [6.07, 6.45) is 4.75. The van der Waals surface area contributed by atoms with Crippen LogP contribution in [-0.2, 0) is 6.42 Å². The van der Waals surface area contributed by atoms with E-state index >= 15 is 0 Å². The van der Waals surface area contributed by atoms with Gasteiger partial charge in [-0.15, -0.1) is 10.2 Å². The van der Waals surface area contributed by atoms with Gasteiger partial charge in [-0.05, 0) is 37.0 Å². The Morgan fingerprint density at radius 3 is 3.04 bits per heavy atom. The molecule has 0 spiro atoms. The number of fused-ring (bicyclic) bond motifs is 4. The Labute approximate surface area is 154 Å². The summed E-state index contributed by atoms with van der Waals surface area (Å²) in [6.45, 7) is 0. The van der Waals surface area contributed by atoms with E-state index in [9.17, 15) is 0 Å². The summed E-state index contributed by atoms with van der Waals surface area (Å²) >= 11 is 0. The normalized spacial score (nSPS) is 15.2. The molecule has 0 aliphatic heterocycles. The smallest absolute Gasteiger partial charge is 0.265 e. The second-order valence-electron chi connectivity index (χ2n) is 6.38. The Morgan fingerprint density at radius 2 is 2.11 bits per heavy atom. The number of aryl methyl sites for hydroxylation is 1. The van der Waals surface area contributed by atoms with Crippen LogP contribution < -0.4 is 10.2 Å². The number of pyridine rings is 1. The molecule has 2 N–H and O–H groups in total. The van der Waals surface area contributed by atoms with Gasteiger partial charge < -0.3 is 9.72 Å². The fourth-order valence-corrected chi connectivity index (χ4v) is 3.48. The lowest BCUT2D eigenvalue weighted by Gasteiger charge is -2.15. The lowest BCUT2D eigenvalue weighted by atomic mass is 9.95. The van der Waals surface area contributed by atoms with Crippen molar-refractivity contribution in [1.29, 1.82) is 0 Å². The van der Waals surface area contributed by atoms with Gasteiger partial charge in [0.05, 0.1) is 24.0 Å². The molecule has 1 aromatic carbocycles. The van der Waals surface area contributed by atoms with Crippen LogP contribution in [0.5, 0.6) is 5.75 Å². The molecule has 8 heteroatoms. The van der Waals surface area contributed by atoms with Crippen molar-refractivity contribution in [2.24, 2.45) is 5.10 Å². The number of hydrogen-bond acceptors (Lipinski definition) is 7. The molecule has 0 unspecified atom stereocenters. The molecule has 0 saturated heterocycles. The highest BCUT2D eigenvalue weighted by atomic mass is 16.5. The molecule has 0 saturated carbocycles. The second-order valence-corrected chi connectivity index (χ2v) is 6.38. The highest BCUT2D eigenvalue weighted by Crippen LogP contribution is 2.29. The standard InChI is InChI=1S/C19H17N7O/c1-27-14-9-3-7-12-16(14)21-18-17(12)24-26-19(22-18)25-23-13-8-2-5-11-6-4-10-20-15(11)13/h3-4,6-7,9-10H,2,5,8H2,1H3,(H2,21,22,25,26)/b23-13+. The summed E-state index contributed by atoms with van der Waals surface area (Å²) in [5.41, 5.74) is 8.20. The van der Waals surface area contributed by atoms with E-state index in [1.807, 2.05) is 24.3 Å². The molecule has 0 amide bonds. The van der Waals surface area contributed by atoms with E-state index in [4.69, 9.17) is 4.74 Å². The lowest BCUT2D eigenvalue weighted by molar-refractivity contribution is 0.419. The number of methoxy groups -OCH3 is 1. The number of hydrazone groups is 1. The molecule has 1 aliphatic carbocycles. The summed E-state index contributed by atoms with van der Waals surface area (Å²) in [5, 5.41) is 13.9. The van der Waals surface area contributed by atoms with E-state index in [2.05, 4.69) is 41.7 Å². The number of H-pyrrole nitrogens is 1. The largest absolute Gasteiger partial charge is 0.495 e. The predicted octanol–water partition coefficient (Wildman–Crippen LogP) is 3.06. The summed E-state index contributed by atoms with van der Waals surface area (Å²) in [4.78, 5) is 12.2. The second kappa shape index (κ2) is 6.31. The SMILES string of the molecule is COc1cccc2c1[nH]c1nc(N/N=C3\CCCc4cccnc43)nnc12. The molecule has 3 aromatic heterocycles. The molecular formula is C19H17N7O. The van der Waals surface area contributed by atoms with Gasteiger partial charge in [-0.2, -0.15) is 10.1 Å². The third kappa shape index (κ3) is 2.66. The maximum absolute atomic E-state index is 5.40. The summed E-state index contributed by atoms with van der Waals surface area (Å²) in [5.74, 6) is 1.08. The fourth-order valence-electron chi connectivity index (χ4n) is 3.48. The third-order valence-corrected chi connectivity index (χ3v) is 4.75. The zero-order chi connectivity index (χ0) is 18.2. The van der Waals surface area contributed by atoms with E-state index < -0.39 is 0 Å². The molecule has 134 valence electrons. The van der Waals surface area contributed by atoms with Gasteiger partial charge in [0.15, 0.2) is 5.65 Å². The maximum Gasteiger partial charge on any atom is 0.265 e. The maximum atomic E-state index is 5.40. The first-order chi connectivity index (χ1) is 13.3. The highest BCUT2D eigenvalue weighted by molar-refractivity contribution is 6.05. The average molecular weight is 359 g/mol. The van der Waals surface area contributed by atoms with Crippen molar-refractivity contribution in [3.8, 4) is 5.75 Å². The number of hydrogen-bond donors (Lipinski definition) is 2. The number of anilines is 1. The summed E-state index contributed by atoms with van der Waals surface area (Å²) in [7, 11) is 1.64. The number of nitrogens with zero attached hydrogens (tertiary/aromatic N) is 5. The Balaban J connectivity index is 1.51. The molecule has 0 fully saturated rings. The van der Waals surface area contributed by atoms with Gasteiger partial charge in [0, 0.05) is 11.6 Å². The van der Waals surface area contributed by atoms with Gasteiger partial charge in [0.2, 0.25) is 0 Å². The fraction of sp³-hybridized carbons (Fsp3) is 0.211. The Kier molecular flexibility index (Phi) is 3.67.